The SMILES string of the molecule is CN=C(NC1CC1c1c(F)cccc1F)N(C)Cc1csc(C)n1. The second kappa shape index (κ2) is 6.84. The number of benzene rings is 1. The molecule has 1 N–H and O–H groups in total. The lowest BCUT2D eigenvalue weighted by Gasteiger charge is -2.21. The third-order valence-corrected chi connectivity index (χ3v) is 4.94. The molecule has 2 unspecified atom stereocenters. The fourth-order valence-corrected chi connectivity index (χ4v) is 3.45. The van der Waals surface area contributed by atoms with Crippen LogP contribution in [-0.2, 0) is 6.54 Å². The smallest absolute Gasteiger partial charge is 0.193 e. The Morgan fingerprint density at radius 2 is 2.12 bits per heavy atom. The third-order valence-electron chi connectivity index (χ3n) is 4.11. The Bertz CT molecular complexity index is 739. The van der Waals surface area contributed by atoms with Crippen molar-refractivity contribution >= 4 is 17.3 Å². The summed E-state index contributed by atoms with van der Waals surface area (Å²) in [5.74, 6) is -0.418. The van der Waals surface area contributed by atoms with Gasteiger partial charge in [-0.3, -0.25) is 4.99 Å². The lowest BCUT2D eigenvalue weighted by atomic mass is 10.1. The van der Waals surface area contributed by atoms with Crippen LogP contribution in [0.3, 0.4) is 0 Å². The molecule has 7 heteroatoms. The molecule has 1 saturated carbocycles. The van der Waals surface area contributed by atoms with Gasteiger partial charge in [-0.25, -0.2) is 13.8 Å². The van der Waals surface area contributed by atoms with E-state index in [1.165, 1.54) is 18.2 Å². The lowest BCUT2D eigenvalue weighted by molar-refractivity contribution is 0.469. The van der Waals surface area contributed by atoms with Gasteiger partial charge in [0.2, 0.25) is 0 Å². The summed E-state index contributed by atoms with van der Waals surface area (Å²) in [6.45, 7) is 2.61. The maximum absolute atomic E-state index is 13.9. The molecule has 1 fully saturated rings. The van der Waals surface area contributed by atoms with Gasteiger partial charge in [-0.1, -0.05) is 6.07 Å². The van der Waals surface area contributed by atoms with E-state index in [2.05, 4.69) is 15.3 Å². The molecule has 0 radical (unpaired) electrons. The monoisotopic (exact) mass is 350 g/mol. The van der Waals surface area contributed by atoms with Gasteiger partial charge in [0.1, 0.15) is 11.6 Å². The Kier molecular flexibility index (Phi) is 4.80. The van der Waals surface area contributed by atoms with E-state index < -0.39 is 11.6 Å². The Morgan fingerprint density at radius 3 is 2.71 bits per heavy atom. The van der Waals surface area contributed by atoms with Crippen molar-refractivity contribution in [2.45, 2.75) is 31.8 Å². The number of aliphatic imine (C=N–C) groups is 1. The van der Waals surface area contributed by atoms with E-state index in [0.717, 1.165) is 10.7 Å². The first kappa shape index (κ1) is 16.8. The van der Waals surface area contributed by atoms with Gasteiger partial charge < -0.3 is 10.2 Å². The Hall–Kier alpha value is -2.02. The van der Waals surface area contributed by atoms with Crippen LogP contribution in [0, 0.1) is 18.6 Å². The molecule has 3 rings (SSSR count). The molecule has 0 aliphatic heterocycles. The minimum Gasteiger partial charge on any atom is -0.353 e. The summed E-state index contributed by atoms with van der Waals surface area (Å²) in [5.41, 5.74) is 1.15. The quantitative estimate of drug-likeness (QED) is 0.679. The summed E-state index contributed by atoms with van der Waals surface area (Å²) >= 11 is 1.61. The first-order chi connectivity index (χ1) is 11.5. The Balaban J connectivity index is 1.63. The van der Waals surface area contributed by atoms with E-state index in [9.17, 15) is 8.78 Å². The van der Waals surface area contributed by atoms with Crippen LogP contribution < -0.4 is 5.32 Å². The van der Waals surface area contributed by atoms with Crippen LogP contribution in [0.2, 0.25) is 0 Å². The molecule has 1 aromatic carbocycles. The summed E-state index contributed by atoms with van der Waals surface area (Å²) < 4.78 is 27.7. The summed E-state index contributed by atoms with van der Waals surface area (Å²) in [7, 11) is 3.62. The first-order valence-corrected chi connectivity index (χ1v) is 8.67. The van der Waals surface area contributed by atoms with Gasteiger partial charge in [0.05, 0.1) is 17.2 Å². The number of aromatic nitrogens is 1. The lowest BCUT2D eigenvalue weighted by Crippen LogP contribution is -2.40. The fourth-order valence-electron chi connectivity index (χ4n) is 2.85. The van der Waals surface area contributed by atoms with Crippen LogP contribution in [0.25, 0.3) is 0 Å². The zero-order valence-electron chi connectivity index (χ0n) is 13.9. The van der Waals surface area contributed by atoms with Crippen LogP contribution in [0.4, 0.5) is 8.78 Å². The molecule has 2 aromatic rings. The van der Waals surface area contributed by atoms with E-state index >= 15 is 0 Å². The van der Waals surface area contributed by atoms with Crippen molar-refractivity contribution in [2.24, 2.45) is 4.99 Å². The summed E-state index contributed by atoms with van der Waals surface area (Å²) in [6.07, 6.45) is 0.695. The van der Waals surface area contributed by atoms with Crippen molar-refractivity contribution < 1.29 is 8.78 Å². The average molecular weight is 350 g/mol. The number of rotatable bonds is 4. The molecule has 4 nitrogen and oxygen atoms in total. The summed E-state index contributed by atoms with van der Waals surface area (Å²) in [5, 5.41) is 6.34. The highest BCUT2D eigenvalue weighted by Crippen LogP contribution is 2.43. The standard InChI is InChI=1S/C17H20F2N4S/c1-10-21-11(9-24-10)8-23(3)17(20-2)22-15-7-12(15)16-13(18)5-4-6-14(16)19/h4-6,9,12,15H,7-8H2,1-3H3,(H,20,22). The highest BCUT2D eigenvalue weighted by Gasteiger charge is 2.42. The van der Waals surface area contributed by atoms with E-state index in [0.29, 0.717) is 18.9 Å². The van der Waals surface area contributed by atoms with E-state index in [1.807, 2.05) is 24.3 Å². The minimum absolute atomic E-state index is 0.00489. The summed E-state index contributed by atoms with van der Waals surface area (Å²) in [4.78, 5) is 10.7. The molecular formula is C17H20F2N4S. The van der Waals surface area contributed by atoms with Crippen LogP contribution in [0.15, 0.2) is 28.6 Å². The molecule has 1 aromatic heterocycles. The molecule has 24 heavy (non-hydrogen) atoms. The van der Waals surface area contributed by atoms with Crippen molar-refractivity contribution in [3.63, 3.8) is 0 Å². The number of hydrogen-bond donors (Lipinski definition) is 1. The largest absolute Gasteiger partial charge is 0.353 e. The van der Waals surface area contributed by atoms with Crippen molar-refractivity contribution in [3.05, 3.63) is 51.5 Å². The number of halogens is 2. The average Bonchev–Trinajstić information content (AvgIpc) is 3.16. The second-order valence-corrected chi connectivity index (χ2v) is 7.05. The number of thiazole rings is 1. The van der Waals surface area contributed by atoms with Gasteiger partial charge in [-0.15, -0.1) is 11.3 Å². The topological polar surface area (TPSA) is 40.5 Å². The second-order valence-electron chi connectivity index (χ2n) is 5.99. The minimum atomic E-state index is -0.481. The van der Waals surface area contributed by atoms with Gasteiger partial charge >= 0.3 is 0 Å². The summed E-state index contributed by atoms with van der Waals surface area (Å²) in [6, 6.07) is 4.00. The number of aryl methyl sites for hydroxylation is 1. The zero-order chi connectivity index (χ0) is 17.3. The fraction of sp³-hybridized carbons (Fsp3) is 0.412. The first-order valence-electron chi connectivity index (χ1n) is 7.79. The van der Waals surface area contributed by atoms with E-state index in [4.69, 9.17) is 0 Å². The van der Waals surface area contributed by atoms with Gasteiger partial charge in [-0.2, -0.15) is 0 Å². The molecule has 0 spiro atoms. The van der Waals surface area contributed by atoms with Gasteiger partial charge in [0, 0.05) is 37.0 Å². The highest BCUT2D eigenvalue weighted by molar-refractivity contribution is 7.09. The van der Waals surface area contributed by atoms with E-state index in [1.54, 1.807) is 18.4 Å². The maximum Gasteiger partial charge on any atom is 0.193 e. The Labute approximate surface area is 144 Å². The van der Waals surface area contributed by atoms with Crippen molar-refractivity contribution in [3.8, 4) is 0 Å². The molecule has 2 atom stereocenters. The van der Waals surface area contributed by atoms with Crippen LogP contribution >= 0.6 is 11.3 Å². The molecule has 1 aliphatic carbocycles. The number of hydrogen-bond acceptors (Lipinski definition) is 3. The molecule has 0 bridgehead atoms. The number of guanidine groups is 1. The predicted molar refractivity (Wildman–Crippen MR) is 92.3 cm³/mol. The van der Waals surface area contributed by atoms with Crippen molar-refractivity contribution in [2.75, 3.05) is 14.1 Å². The molecule has 128 valence electrons. The molecule has 0 amide bonds. The number of nitrogens with zero attached hydrogens (tertiary/aromatic N) is 3. The molecular weight excluding hydrogens is 330 g/mol. The Morgan fingerprint density at radius 1 is 1.42 bits per heavy atom. The van der Waals surface area contributed by atoms with Crippen molar-refractivity contribution in [1.29, 1.82) is 0 Å². The van der Waals surface area contributed by atoms with Gasteiger partial charge in [0.25, 0.3) is 0 Å². The normalized spacial score (nSPS) is 20.1. The predicted octanol–water partition coefficient (Wildman–Crippen LogP) is 3.29. The molecule has 1 aliphatic rings. The molecule has 1 heterocycles. The third kappa shape index (κ3) is 3.56. The number of nitrogens with one attached hydrogen (secondary N) is 1. The van der Waals surface area contributed by atoms with Gasteiger partial charge in [-0.05, 0) is 25.5 Å². The highest BCUT2D eigenvalue weighted by atomic mass is 32.1. The van der Waals surface area contributed by atoms with Crippen molar-refractivity contribution in [1.82, 2.24) is 15.2 Å². The maximum atomic E-state index is 13.9. The zero-order valence-corrected chi connectivity index (χ0v) is 14.7. The molecule has 0 saturated heterocycles. The van der Waals surface area contributed by atoms with Crippen LogP contribution in [-0.4, -0.2) is 36.0 Å². The van der Waals surface area contributed by atoms with E-state index in [-0.39, 0.29) is 17.5 Å². The van der Waals surface area contributed by atoms with Crippen LogP contribution in [0.1, 0.15) is 28.6 Å². The van der Waals surface area contributed by atoms with Gasteiger partial charge in [0.15, 0.2) is 5.96 Å². The van der Waals surface area contributed by atoms with Crippen LogP contribution in [0.5, 0.6) is 0 Å².